The Morgan fingerprint density at radius 2 is 2.07 bits per heavy atom. The van der Waals surface area contributed by atoms with E-state index in [9.17, 15) is 9.18 Å². The highest BCUT2D eigenvalue weighted by atomic mass is 19.1. The van der Waals surface area contributed by atoms with Crippen molar-refractivity contribution in [1.82, 2.24) is 14.9 Å². The number of hydrogen-bond donors (Lipinski definition) is 2. The van der Waals surface area contributed by atoms with Gasteiger partial charge in [-0.2, -0.15) is 0 Å². The lowest BCUT2D eigenvalue weighted by Crippen LogP contribution is -2.41. The van der Waals surface area contributed by atoms with Gasteiger partial charge in [-0.15, -0.1) is 0 Å². The number of carbonyl (C=O) groups excluding carboxylic acids is 1. The SMILES string of the molecule is O=C(Nc1cccc(-c2ccc(F)cc2)c1)[C@H]1CCCN(CCc2ncc[nH]2)C1. The normalized spacial score (nSPS) is 17.2. The zero-order valence-corrected chi connectivity index (χ0v) is 16.3. The molecule has 3 aromatic rings. The highest BCUT2D eigenvalue weighted by molar-refractivity contribution is 5.93. The predicted molar refractivity (Wildman–Crippen MR) is 112 cm³/mol. The fourth-order valence-electron chi connectivity index (χ4n) is 3.83. The van der Waals surface area contributed by atoms with Crippen molar-refractivity contribution in [1.29, 1.82) is 0 Å². The van der Waals surface area contributed by atoms with E-state index < -0.39 is 0 Å². The number of rotatable bonds is 6. The van der Waals surface area contributed by atoms with Crippen LogP contribution in [-0.4, -0.2) is 40.4 Å². The Kier molecular flexibility index (Phi) is 6.00. The van der Waals surface area contributed by atoms with Crippen molar-refractivity contribution >= 4 is 11.6 Å². The number of nitrogens with zero attached hydrogens (tertiary/aromatic N) is 2. The molecule has 1 atom stereocenters. The minimum Gasteiger partial charge on any atom is -0.349 e. The quantitative estimate of drug-likeness (QED) is 0.664. The molecular weight excluding hydrogens is 367 g/mol. The Balaban J connectivity index is 1.36. The molecule has 0 saturated carbocycles. The third-order valence-electron chi connectivity index (χ3n) is 5.40. The van der Waals surface area contributed by atoms with E-state index in [2.05, 4.69) is 20.2 Å². The second-order valence-corrected chi connectivity index (χ2v) is 7.50. The zero-order valence-electron chi connectivity index (χ0n) is 16.3. The van der Waals surface area contributed by atoms with Crippen molar-refractivity contribution in [2.24, 2.45) is 5.92 Å². The largest absolute Gasteiger partial charge is 0.349 e. The van der Waals surface area contributed by atoms with Crippen molar-refractivity contribution in [3.8, 4) is 11.1 Å². The molecule has 0 unspecified atom stereocenters. The van der Waals surface area contributed by atoms with E-state index in [-0.39, 0.29) is 17.6 Å². The first-order valence-corrected chi connectivity index (χ1v) is 10.0. The lowest BCUT2D eigenvalue weighted by molar-refractivity contribution is -0.121. The van der Waals surface area contributed by atoms with Crippen LogP contribution in [0.5, 0.6) is 0 Å². The second kappa shape index (κ2) is 9.01. The Hall–Kier alpha value is -2.99. The maximum Gasteiger partial charge on any atom is 0.228 e. The summed E-state index contributed by atoms with van der Waals surface area (Å²) in [7, 11) is 0. The summed E-state index contributed by atoms with van der Waals surface area (Å²) in [6.07, 6.45) is 6.39. The summed E-state index contributed by atoms with van der Waals surface area (Å²) < 4.78 is 13.2. The number of benzene rings is 2. The van der Waals surface area contributed by atoms with Gasteiger partial charge in [-0.3, -0.25) is 4.79 Å². The molecule has 0 bridgehead atoms. The Morgan fingerprint density at radius 3 is 2.86 bits per heavy atom. The van der Waals surface area contributed by atoms with Gasteiger partial charge in [-0.1, -0.05) is 24.3 Å². The molecule has 150 valence electrons. The fraction of sp³-hybridized carbons (Fsp3) is 0.304. The molecule has 4 rings (SSSR count). The van der Waals surface area contributed by atoms with Crippen LogP contribution in [0.2, 0.25) is 0 Å². The number of aromatic amines is 1. The van der Waals surface area contributed by atoms with Crippen LogP contribution in [0.4, 0.5) is 10.1 Å². The van der Waals surface area contributed by atoms with Crippen LogP contribution in [0.1, 0.15) is 18.7 Å². The number of anilines is 1. The number of amides is 1. The van der Waals surface area contributed by atoms with Crippen molar-refractivity contribution < 1.29 is 9.18 Å². The van der Waals surface area contributed by atoms with Crippen molar-refractivity contribution in [2.75, 3.05) is 25.0 Å². The third-order valence-corrected chi connectivity index (χ3v) is 5.40. The van der Waals surface area contributed by atoms with E-state index in [0.29, 0.717) is 0 Å². The zero-order chi connectivity index (χ0) is 20.1. The van der Waals surface area contributed by atoms with E-state index >= 15 is 0 Å². The number of carbonyl (C=O) groups is 1. The third kappa shape index (κ3) is 5.09. The van der Waals surface area contributed by atoms with E-state index in [1.807, 2.05) is 30.5 Å². The summed E-state index contributed by atoms with van der Waals surface area (Å²) in [4.78, 5) is 22.6. The number of imidazole rings is 1. The number of hydrogen-bond acceptors (Lipinski definition) is 3. The van der Waals surface area contributed by atoms with Crippen LogP contribution in [-0.2, 0) is 11.2 Å². The van der Waals surface area contributed by atoms with E-state index in [1.54, 1.807) is 18.3 Å². The van der Waals surface area contributed by atoms with Crippen LogP contribution < -0.4 is 5.32 Å². The average Bonchev–Trinajstić information content (AvgIpc) is 3.27. The van der Waals surface area contributed by atoms with Gasteiger partial charge in [-0.25, -0.2) is 9.37 Å². The topological polar surface area (TPSA) is 61.0 Å². The lowest BCUT2D eigenvalue weighted by Gasteiger charge is -2.31. The van der Waals surface area contributed by atoms with Gasteiger partial charge < -0.3 is 15.2 Å². The van der Waals surface area contributed by atoms with Crippen LogP contribution >= 0.6 is 0 Å². The van der Waals surface area contributed by atoms with Crippen LogP contribution in [0.15, 0.2) is 60.9 Å². The molecule has 2 N–H and O–H groups in total. The van der Waals surface area contributed by atoms with Gasteiger partial charge in [0.15, 0.2) is 0 Å². The van der Waals surface area contributed by atoms with Crippen molar-refractivity contribution in [2.45, 2.75) is 19.3 Å². The second-order valence-electron chi connectivity index (χ2n) is 7.50. The predicted octanol–water partition coefficient (Wildman–Crippen LogP) is 4.11. The van der Waals surface area contributed by atoms with Gasteiger partial charge in [-0.05, 0) is 54.8 Å². The number of aromatic nitrogens is 2. The molecule has 1 amide bonds. The summed E-state index contributed by atoms with van der Waals surface area (Å²) in [5.74, 6) is 0.764. The Morgan fingerprint density at radius 1 is 1.21 bits per heavy atom. The highest BCUT2D eigenvalue weighted by Crippen LogP contribution is 2.24. The van der Waals surface area contributed by atoms with Gasteiger partial charge in [0.2, 0.25) is 5.91 Å². The Labute approximate surface area is 170 Å². The monoisotopic (exact) mass is 392 g/mol. The molecule has 5 nitrogen and oxygen atoms in total. The minimum atomic E-state index is -0.257. The summed E-state index contributed by atoms with van der Waals surface area (Å²) in [5, 5.41) is 3.07. The van der Waals surface area contributed by atoms with Crippen molar-refractivity contribution in [3.63, 3.8) is 0 Å². The maximum atomic E-state index is 13.2. The molecule has 1 saturated heterocycles. The molecule has 1 aliphatic heterocycles. The molecule has 0 aliphatic carbocycles. The molecule has 29 heavy (non-hydrogen) atoms. The van der Waals surface area contributed by atoms with Gasteiger partial charge in [0.05, 0.1) is 5.92 Å². The number of piperidine rings is 1. The average molecular weight is 392 g/mol. The minimum absolute atomic E-state index is 0.0187. The van der Waals surface area contributed by atoms with E-state index in [4.69, 9.17) is 0 Å². The van der Waals surface area contributed by atoms with Gasteiger partial charge in [0, 0.05) is 37.6 Å². The first-order chi connectivity index (χ1) is 14.2. The number of nitrogens with one attached hydrogen (secondary N) is 2. The van der Waals surface area contributed by atoms with Crippen LogP contribution in [0, 0.1) is 11.7 Å². The summed E-state index contributed by atoms with van der Waals surface area (Å²) in [6.45, 7) is 2.69. The number of likely N-dealkylation sites (tertiary alicyclic amines) is 1. The van der Waals surface area contributed by atoms with Gasteiger partial charge >= 0.3 is 0 Å². The molecule has 2 aromatic carbocycles. The highest BCUT2D eigenvalue weighted by Gasteiger charge is 2.25. The summed E-state index contributed by atoms with van der Waals surface area (Å²) >= 11 is 0. The van der Waals surface area contributed by atoms with Gasteiger partial charge in [0.1, 0.15) is 11.6 Å². The van der Waals surface area contributed by atoms with Crippen molar-refractivity contribution in [3.05, 3.63) is 72.6 Å². The van der Waals surface area contributed by atoms with Gasteiger partial charge in [0.25, 0.3) is 0 Å². The molecule has 2 heterocycles. The maximum absolute atomic E-state index is 13.2. The standard InChI is InChI=1S/C23H25FN4O/c24-20-8-6-17(7-9-20)18-3-1-5-21(15-18)27-23(29)19-4-2-13-28(16-19)14-10-22-25-11-12-26-22/h1,3,5-9,11-12,15,19H,2,4,10,13-14,16H2,(H,25,26)(H,27,29)/t19-/m0/s1. The molecule has 1 aliphatic rings. The molecule has 0 radical (unpaired) electrons. The Bertz CT molecular complexity index is 940. The van der Waals surface area contributed by atoms with E-state index in [1.165, 1.54) is 12.1 Å². The number of halogens is 1. The molecular formula is C23H25FN4O. The lowest BCUT2D eigenvalue weighted by atomic mass is 9.96. The summed E-state index contributed by atoms with van der Waals surface area (Å²) in [6, 6.07) is 14.1. The van der Waals surface area contributed by atoms with Crippen LogP contribution in [0.25, 0.3) is 11.1 Å². The number of H-pyrrole nitrogens is 1. The van der Waals surface area contributed by atoms with E-state index in [0.717, 1.165) is 61.5 Å². The van der Waals surface area contributed by atoms with Crippen LogP contribution in [0.3, 0.4) is 0 Å². The molecule has 6 heteroatoms. The fourth-order valence-corrected chi connectivity index (χ4v) is 3.83. The molecule has 0 spiro atoms. The first-order valence-electron chi connectivity index (χ1n) is 10.0. The molecule has 1 aromatic heterocycles. The summed E-state index contributed by atoms with van der Waals surface area (Å²) in [5.41, 5.74) is 2.64. The first kappa shape index (κ1) is 19.3. The smallest absolute Gasteiger partial charge is 0.228 e. The molecule has 1 fully saturated rings.